The third-order valence-corrected chi connectivity index (χ3v) is 5.91. The maximum atomic E-state index is 12.2. The third-order valence-electron chi connectivity index (χ3n) is 5.91. The maximum Gasteiger partial charge on any atom is 0.248 e. The lowest BCUT2D eigenvalue weighted by Crippen LogP contribution is -2.65. The normalized spacial score (nSPS) is 24.8. The highest BCUT2D eigenvalue weighted by atomic mass is 16.5. The van der Waals surface area contributed by atoms with Crippen molar-refractivity contribution in [2.24, 2.45) is 0 Å². The zero-order valence-electron chi connectivity index (χ0n) is 16.2. The van der Waals surface area contributed by atoms with Crippen molar-refractivity contribution in [1.29, 1.82) is 0 Å². The summed E-state index contributed by atoms with van der Waals surface area (Å²) in [6.45, 7) is 5.46. The summed E-state index contributed by atoms with van der Waals surface area (Å²) >= 11 is 0. The number of benzene rings is 1. The van der Waals surface area contributed by atoms with Gasteiger partial charge in [0.15, 0.2) is 0 Å². The molecule has 1 aromatic carbocycles. The van der Waals surface area contributed by atoms with Gasteiger partial charge in [-0.1, -0.05) is 12.1 Å². The second-order valence-corrected chi connectivity index (χ2v) is 8.04. The number of rotatable bonds is 6. The van der Waals surface area contributed by atoms with Gasteiger partial charge in [-0.2, -0.15) is 0 Å². The van der Waals surface area contributed by atoms with Crippen molar-refractivity contribution < 1.29 is 19.0 Å². The topological polar surface area (TPSA) is 51.2 Å². The quantitative estimate of drug-likeness (QED) is 0.763. The summed E-state index contributed by atoms with van der Waals surface area (Å²) in [7, 11) is 1.70. The van der Waals surface area contributed by atoms with E-state index in [2.05, 4.69) is 17.0 Å². The summed E-state index contributed by atoms with van der Waals surface area (Å²) in [5.41, 5.74) is 1.15. The molecule has 0 bridgehead atoms. The Morgan fingerprint density at radius 3 is 2.89 bits per heavy atom. The first kappa shape index (κ1) is 18.7. The summed E-state index contributed by atoms with van der Waals surface area (Å²) in [5, 5.41) is 0. The molecule has 0 saturated carbocycles. The van der Waals surface area contributed by atoms with Crippen molar-refractivity contribution in [3.63, 3.8) is 0 Å². The van der Waals surface area contributed by atoms with Crippen LogP contribution >= 0.6 is 0 Å². The first-order valence-electron chi connectivity index (χ1n) is 10.0. The molecule has 3 aliphatic heterocycles. The molecular formula is C21H30N2O4. The molecule has 0 aromatic heterocycles. The molecule has 1 atom stereocenters. The van der Waals surface area contributed by atoms with Gasteiger partial charge >= 0.3 is 0 Å². The molecule has 27 heavy (non-hydrogen) atoms. The van der Waals surface area contributed by atoms with E-state index in [1.165, 1.54) is 5.56 Å². The van der Waals surface area contributed by atoms with Crippen LogP contribution < -0.4 is 4.74 Å². The standard InChI is InChI=1S/C21H30N2O4/c1-25-18-6-4-5-17(11-18)13-22-15-21(16-22)12-19(7-10-27-21)26-14-20(24)23-8-2-3-9-23/h4-6,11,19H,2-3,7-10,12-16H2,1H3/t19-/m1/s1. The highest BCUT2D eigenvalue weighted by Crippen LogP contribution is 2.36. The van der Waals surface area contributed by atoms with Gasteiger partial charge in [0.2, 0.25) is 5.91 Å². The lowest BCUT2D eigenvalue weighted by molar-refractivity contribution is -0.200. The molecule has 6 heteroatoms. The number of hydrogen-bond acceptors (Lipinski definition) is 5. The molecular weight excluding hydrogens is 344 g/mol. The van der Waals surface area contributed by atoms with Gasteiger partial charge in [0, 0.05) is 45.8 Å². The van der Waals surface area contributed by atoms with E-state index in [1.54, 1.807) is 7.11 Å². The van der Waals surface area contributed by atoms with Gasteiger partial charge < -0.3 is 19.1 Å². The molecule has 1 spiro atoms. The van der Waals surface area contributed by atoms with Gasteiger partial charge in [0.1, 0.15) is 12.4 Å². The fourth-order valence-corrected chi connectivity index (χ4v) is 4.50. The number of carbonyl (C=O) groups is 1. The Hall–Kier alpha value is -1.63. The minimum absolute atomic E-state index is 0.0987. The number of hydrogen-bond donors (Lipinski definition) is 0. The van der Waals surface area contributed by atoms with Gasteiger partial charge in [-0.15, -0.1) is 0 Å². The lowest BCUT2D eigenvalue weighted by atomic mass is 9.84. The van der Waals surface area contributed by atoms with Crippen LogP contribution in [0.15, 0.2) is 24.3 Å². The molecule has 1 aromatic rings. The van der Waals surface area contributed by atoms with Crippen LogP contribution in [-0.2, 0) is 20.8 Å². The Bertz CT molecular complexity index is 653. The van der Waals surface area contributed by atoms with Crippen LogP contribution in [0.25, 0.3) is 0 Å². The molecule has 3 fully saturated rings. The molecule has 4 rings (SSSR count). The van der Waals surface area contributed by atoms with E-state index in [1.807, 2.05) is 17.0 Å². The second kappa shape index (κ2) is 8.17. The van der Waals surface area contributed by atoms with Gasteiger partial charge in [-0.05, 0) is 37.0 Å². The van der Waals surface area contributed by atoms with Crippen molar-refractivity contribution >= 4 is 5.91 Å². The van der Waals surface area contributed by atoms with Crippen LogP contribution in [0, 0.1) is 0 Å². The molecule has 148 valence electrons. The average Bonchev–Trinajstić information content (AvgIpc) is 3.20. The molecule has 3 aliphatic rings. The van der Waals surface area contributed by atoms with Crippen LogP contribution in [-0.4, -0.2) is 73.9 Å². The number of likely N-dealkylation sites (tertiary alicyclic amines) is 2. The highest BCUT2D eigenvalue weighted by molar-refractivity contribution is 5.77. The van der Waals surface area contributed by atoms with Crippen LogP contribution in [0.1, 0.15) is 31.2 Å². The lowest BCUT2D eigenvalue weighted by Gasteiger charge is -2.53. The Labute approximate surface area is 161 Å². The molecule has 0 aliphatic carbocycles. The number of ether oxygens (including phenoxy) is 3. The third kappa shape index (κ3) is 4.45. The van der Waals surface area contributed by atoms with E-state index in [4.69, 9.17) is 14.2 Å². The van der Waals surface area contributed by atoms with E-state index < -0.39 is 0 Å². The first-order chi connectivity index (χ1) is 13.2. The Morgan fingerprint density at radius 1 is 1.30 bits per heavy atom. The molecule has 3 saturated heterocycles. The highest BCUT2D eigenvalue weighted by Gasteiger charge is 2.47. The van der Waals surface area contributed by atoms with Gasteiger partial charge in [0.05, 0.1) is 18.8 Å². The fraction of sp³-hybridized carbons (Fsp3) is 0.667. The van der Waals surface area contributed by atoms with Crippen molar-refractivity contribution in [1.82, 2.24) is 9.80 Å². The minimum atomic E-state index is -0.0987. The van der Waals surface area contributed by atoms with Gasteiger partial charge in [-0.25, -0.2) is 0 Å². The Kier molecular flexibility index (Phi) is 5.66. The van der Waals surface area contributed by atoms with Crippen molar-refractivity contribution in [2.75, 3.05) is 46.5 Å². The first-order valence-corrected chi connectivity index (χ1v) is 10.0. The van der Waals surface area contributed by atoms with Crippen LogP contribution in [0.2, 0.25) is 0 Å². The SMILES string of the molecule is COc1cccc(CN2CC3(C[C@H](OCC(=O)N4CCCC4)CCO3)C2)c1. The van der Waals surface area contributed by atoms with Crippen molar-refractivity contribution in [2.45, 2.75) is 43.9 Å². The summed E-state index contributed by atoms with van der Waals surface area (Å²) in [6.07, 6.45) is 4.13. The molecule has 3 heterocycles. The Morgan fingerprint density at radius 2 is 2.11 bits per heavy atom. The zero-order valence-corrected chi connectivity index (χ0v) is 16.2. The zero-order chi connectivity index (χ0) is 18.7. The minimum Gasteiger partial charge on any atom is -0.497 e. The predicted molar refractivity (Wildman–Crippen MR) is 102 cm³/mol. The summed E-state index contributed by atoms with van der Waals surface area (Å²) in [6, 6.07) is 8.21. The number of amides is 1. The predicted octanol–water partition coefficient (Wildman–Crippen LogP) is 2.07. The van der Waals surface area contributed by atoms with E-state index >= 15 is 0 Å². The van der Waals surface area contributed by atoms with Crippen LogP contribution in [0.3, 0.4) is 0 Å². The van der Waals surface area contributed by atoms with Crippen LogP contribution in [0.4, 0.5) is 0 Å². The van der Waals surface area contributed by atoms with E-state index in [0.29, 0.717) is 0 Å². The largest absolute Gasteiger partial charge is 0.497 e. The van der Waals surface area contributed by atoms with Crippen LogP contribution in [0.5, 0.6) is 5.75 Å². The summed E-state index contributed by atoms with van der Waals surface area (Å²) < 4.78 is 17.4. The monoisotopic (exact) mass is 374 g/mol. The molecule has 1 amide bonds. The Balaban J connectivity index is 1.23. The number of nitrogens with zero attached hydrogens (tertiary/aromatic N) is 2. The van der Waals surface area contributed by atoms with E-state index in [0.717, 1.165) is 70.8 Å². The smallest absolute Gasteiger partial charge is 0.248 e. The maximum absolute atomic E-state index is 12.2. The van der Waals surface area contributed by atoms with E-state index in [-0.39, 0.29) is 24.2 Å². The summed E-state index contributed by atoms with van der Waals surface area (Å²) in [5.74, 6) is 1.04. The summed E-state index contributed by atoms with van der Waals surface area (Å²) in [4.78, 5) is 16.5. The average molecular weight is 374 g/mol. The molecule has 6 nitrogen and oxygen atoms in total. The molecule has 0 radical (unpaired) electrons. The van der Waals surface area contributed by atoms with Crippen molar-refractivity contribution in [3.05, 3.63) is 29.8 Å². The van der Waals surface area contributed by atoms with Gasteiger partial charge in [0.25, 0.3) is 0 Å². The second-order valence-electron chi connectivity index (χ2n) is 8.04. The molecule has 0 unspecified atom stereocenters. The van der Waals surface area contributed by atoms with Gasteiger partial charge in [-0.3, -0.25) is 9.69 Å². The number of methoxy groups -OCH3 is 1. The number of carbonyl (C=O) groups excluding carboxylic acids is 1. The van der Waals surface area contributed by atoms with Crippen molar-refractivity contribution in [3.8, 4) is 5.75 Å². The van der Waals surface area contributed by atoms with E-state index in [9.17, 15) is 4.79 Å². The molecule has 0 N–H and O–H groups in total. The fourth-order valence-electron chi connectivity index (χ4n) is 4.50.